The van der Waals surface area contributed by atoms with E-state index in [0.717, 1.165) is 0 Å². The minimum absolute atomic E-state index is 0.383. The van der Waals surface area contributed by atoms with E-state index in [1.54, 1.807) is 19.2 Å². The van der Waals surface area contributed by atoms with Crippen LogP contribution in [-0.2, 0) is 6.54 Å². The number of halogens is 1. The van der Waals surface area contributed by atoms with Crippen molar-refractivity contribution in [3.8, 4) is 17.1 Å². The predicted octanol–water partition coefficient (Wildman–Crippen LogP) is 2.21. The second-order valence-corrected chi connectivity index (χ2v) is 3.50. The van der Waals surface area contributed by atoms with E-state index in [-0.39, 0.29) is 0 Å². The number of aromatic nitrogens is 1. The van der Waals surface area contributed by atoms with Crippen LogP contribution in [0.1, 0.15) is 5.69 Å². The summed E-state index contributed by atoms with van der Waals surface area (Å²) >= 11 is 0. The van der Waals surface area contributed by atoms with Gasteiger partial charge in [0.25, 0.3) is 0 Å². The van der Waals surface area contributed by atoms with E-state index in [2.05, 4.69) is 10.3 Å². The van der Waals surface area contributed by atoms with E-state index in [0.29, 0.717) is 29.3 Å². The molecule has 0 fully saturated rings. The highest BCUT2D eigenvalue weighted by molar-refractivity contribution is 5.61. The molecule has 0 unspecified atom stereocenters. The molecule has 0 saturated carbocycles. The first-order valence-corrected chi connectivity index (χ1v) is 5.17. The van der Waals surface area contributed by atoms with Gasteiger partial charge in [0.2, 0.25) is 0 Å². The number of nitrogens with one attached hydrogen (secondary N) is 1. The summed E-state index contributed by atoms with van der Waals surface area (Å²) in [6.07, 6.45) is 1.31. The molecule has 0 atom stereocenters. The molecule has 0 bridgehead atoms. The fourth-order valence-corrected chi connectivity index (χ4v) is 1.59. The summed E-state index contributed by atoms with van der Waals surface area (Å²) in [5.74, 6) is 0.527. The van der Waals surface area contributed by atoms with Crippen LogP contribution in [0.2, 0.25) is 0 Å². The van der Waals surface area contributed by atoms with E-state index >= 15 is 0 Å². The summed E-state index contributed by atoms with van der Waals surface area (Å²) in [4.78, 5) is 4.04. The van der Waals surface area contributed by atoms with E-state index in [1.165, 1.54) is 19.6 Å². The molecular weight excluding hydrogens is 223 g/mol. The Kier molecular flexibility index (Phi) is 3.39. The Morgan fingerprint density at radius 3 is 2.94 bits per heavy atom. The number of ether oxygens (including phenoxy) is 1. The van der Waals surface area contributed by atoms with Crippen LogP contribution >= 0.6 is 0 Å². The molecule has 0 aliphatic rings. The molecule has 4 nitrogen and oxygen atoms in total. The third-order valence-electron chi connectivity index (χ3n) is 2.41. The predicted molar refractivity (Wildman–Crippen MR) is 61.2 cm³/mol. The summed E-state index contributed by atoms with van der Waals surface area (Å²) in [5, 5.41) is 2.95. The van der Waals surface area contributed by atoms with Gasteiger partial charge in [-0.1, -0.05) is 0 Å². The van der Waals surface area contributed by atoms with Gasteiger partial charge in [-0.25, -0.2) is 9.37 Å². The van der Waals surface area contributed by atoms with Crippen molar-refractivity contribution in [3.63, 3.8) is 0 Å². The van der Waals surface area contributed by atoms with Gasteiger partial charge in [-0.3, -0.25) is 0 Å². The Bertz CT molecular complexity index is 511. The molecule has 90 valence electrons. The van der Waals surface area contributed by atoms with E-state index in [1.807, 2.05) is 0 Å². The minimum atomic E-state index is -0.390. The Morgan fingerprint density at radius 1 is 1.47 bits per heavy atom. The number of benzene rings is 1. The van der Waals surface area contributed by atoms with Crippen LogP contribution in [0.3, 0.4) is 0 Å². The Hall–Kier alpha value is -1.88. The third kappa shape index (κ3) is 2.29. The third-order valence-corrected chi connectivity index (χ3v) is 2.41. The molecule has 5 heteroatoms. The molecule has 1 aromatic carbocycles. The van der Waals surface area contributed by atoms with E-state index < -0.39 is 5.82 Å². The van der Waals surface area contributed by atoms with Gasteiger partial charge in [0.1, 0.15) is 17.3 Å². The number of rotatable bonds is 4. The van der Waals surface area contributed by atoms with Crippen molar-refractivity contribution in [3.05, 3.63) is 36.1 Å². The van der Waals surface area contributed by atoms with Crippen LogP contribution in [-0.4, -0.2) is 19.1 Å². The molecule has 0 amide bonds. The number of nitrogens with zero attached hydrogens (tertiary/aromatic N) is 1. The van der Waals surface area contributed by atoms with Gasteiger partial charge >= 0.3 is 0 Å². The molecule has 0 aliphatic carbocycles. The average molecular weight is 236 g/mol. The molecule has 17 heavy (non-hydrogen) atoms. The lowest BCUT2D eigenvalue weighted by Crippen LogP contribution is -2.06. The highest BCUT2D eigenvalue weighted by atomic mass is 19.1. The van der Waals surface area contributed by atoms with Gasteiger partial charge in [-0.05, 0) is 19.2 Å². The number of oxazole rings is 1. The zero-order chi connectivity index (χ0) is 12.3. The van der Waals surface area contributed by atoms with E-state index in [4.69, 9.17) is 9.15 Å². The van der Waals surface area contributed by atoms with Crippen molar-refractivity contribution in [2.24, 2.45) is 0 Å². The van der Waals surface area contributed by atoms with Gasteiger partial charge in [-0.2, -0.15) is 0 Å². The van der Waals surface area contributed by atoms with Gasteiger partial charge in [0, 0.05) is 12.6 Å². The summed E-state index contributed by atoms with van der Waals surface area (Å²) in [6, 6.07) is 4.62. The van der Waals surface area contributed by atoms with Crippen LogP contribution in [0.25, 0.3) is 11.3 Å². The normalized spacial score (nSPS) is 10.5. The average Bonchev–Trinajstić information content (AvgIpc) is 2.77. The van der Waals surface area contributed by atoms with Crippen molar-refractivity contribution < 1.29 is 13.5 Å². The molecule has 2 aromatic rings. The lowest BCUT2D eigenvalue weighted by Gasteiger charge is -2.04. The largest absolute Gasteiger partial charge is 0.497 e. The van der Waals surface area contributed by atoms with Crippen molar-refractivity contribution in [2.45, 2.75) is 6.54 Å². The fraction of sp³-hybridized carbons (Fsp3) is 0.250. The molecule has 0 radical (unpaired) electrons. The highest BCUT2D eigenvalue weighted by Gasteiger charge is 2.14. The first kappa shape index (κ1) is 11.6. The Labute approximate surface area is 98.4 Å². The lowest BCUT2D eigenvalue weighted by molar-refractivity contribution is 0.411. The first-order valence-electron chi connectivity index (χ1n) is 5.17. The first-order chi connectivity index (χ1) is 8.26. The SMILES string of the molecule is CNCc1ncoc1-c1ccc(OC)cc1F. The molecule has 1 aromatic heterocycles. The lowest BCUT2D eigenvalue weighted by atomic mass is 10.1. The summed E-state index contributed by atoms with van der Waals surface area (Å²) in [7, 11) is 3.29. The monoisotopic (exact) mass is 236 g/mol. The number of methoxy groups -OCH3 is 1. The quantitative estimate of drug-likeness (QED) is 0.884. The standard InChI is InChI=1S/C12H13FN2O2/c1-14-6-11-12(17-7-15-11)9-4-3-8(16-2)5-10(9)13/h3-5,7,14H,6H2,1-2H3. The van der Waals surface area contributed by atoms with Gasteiger partial charge in [0.05, 0.1) is 12.7 Å². The van der Waals surface area contributed by atoms with Crippen molar-refractivity contribution in [1.82, 2.24) is 10.3 Å². The van der Waals surface area contributed by atoms with Gasteiger partial charge in [-0.15, -0.1) is 0 Å². The van der Waals surface area contributed by atoms with Gasteiger partial charge in [0.15, 0.2) is 12.2 Å². The maximum absolute atomic E-state index is 13.8. The molecule has 0 spiro atoms. The van der Waals surface area contributed by atoms with Crippen LogP contribution in [0.4, 0.5) is 4.39 Å². The maximum Gasteiger partial charge on any atom is 0.181 e. The zero-order valence-electron chi connectivity index (χ0n) is 9.66. The molecule has 2 rings (SSSR count). The smallest absolute Gasteiger partial charge is 0.181 e. The number of hydrogen-bond donors (Lipinski definition) is 1. The van der Waals surface area contributed by atoms with Crippen LogP contribution < -0.4 is 10.1 Å². The van der Waals surface area contributed by atoms with Crippen LogP contribution in [0, 0.1) is 5.82 Å². The second-order valence-electron chi connectivity index (χ2n) is 3.50. The van der Waals surface area contributed by atoms with Crippen LogP contribution in [0.15, 0.2) is 29.0 Å². The molecule has 0 saturated heterocycles. The van der Waals surface area contributed by atoms with Crippen molar-refractivity contribution >= 4 is 0 Å². The minimum Gasteiger partial charge on any atom is -0.497 e. The summed E-state index contributed by atoms with van der Waals surface area (Å²) < 4.78 is 24.0. The van der Waals surface area contributed by atoms with Crippen LogP contribution in [0.5, 0.6) is 5.75 Å². The van der Waals surface area contributed by atoms with Gasteiger partial charge < -0.3 is 14.5 Å². The topological polar surface area (TPSA) is 47.3 Å². The fourth-order valence-electron chi connectivity index (χ4n) is 1.59. The zero-order valence-corrected chi connectivity index (χ0v) is 9.66. The second kappa shape index (κ2) is 4.97. The Balaban J connectivity index is 2.42. The summed E-state index contributed by atoms with van der Waals surface area (Å²) in [6.45, 7) is 0.525. The van der Waals surface area contributed by atoms with E-state index in [9.17, 15) is 4.39 Å². The molecule has 0 aliphatic heterocycles. The molecular formula is C12H13FN2O2. The Morgan fingerprint density at radius 2 is 2.29 bits per heavy atom. The number of hydrogen-bond acceptors (Lipinski definition) is 4. The van der Waals surface area contributed by atoms with Crippen molar-refractivity contribution in [2.75, 3.05) is 14.2 Å². The van der Waals surface area contributed by atoms with Crippen molar-refractivity contribution in [1.29, 1.82) is 0 Å². The maximum atomic E-state index is 13.8. The molecule has 1 heterocycles. The molecule has 1 N–H and O–H groups in total. The highest BCUT2D eigenvalue weighted by Crippen LogP contribution is 2.28. The summed E-state index contributed by atoms with van der Waals surface area (Å²) in [5.41, 5.74) is 1.06.